The summed E-state index contributed by atoms with van der Waals surface area (Å²) in [7, 11) is 0. The summed E-state index contributed by atoms with van der Waals surface area (Å²) in [6.45, 7) is -0.460. The van der Waals surface area contributed by atoms with Gasteiger partial charge in [0.05, 0.1) is 5.56 Å². The first-order valence-corrected chi connectivity index (χ1v) is 9.35. The van der Waals surface area contributed by atoms with Crippen LogP contribution in [-0.2, 0) is 4.74 Å². The maximum atomic E-state index is 13.1. The van der Waals surface area contributed by atoms with Crippen molar-refractivity contribution < 1.29 is 23.5 Å². The van der Waals surface area contributed by atoms with Crippen LogP contribution in [0.5, 0.6) is 0 Å². The lowest BCUT2D eigenvalue weighted by Crippen LogP contribution is -2.15. The Balaban J connectivity index is 1.57. The van der Waals surface area contributed by atoms with Gasteiger partial charge in [-0.25, -0.2) is 9.18 Å². The monoisotopic (exact) mass is 455 g/mol. The van der Waals surface area contributed by atoms with Gasteiger partial charge in [0.25, 0.3) is 5.91 Å². The molecule has 0 aliphatic heterocycles. The van der Waals surface area contributed by atoms with E-state index in [1.54, 1.807) is 36.4 Å². The van der Waals surface area contributed by atoms with Crippen molar-refractivity contribution in [2.24, 2.45) is 0 Å². The van der Waals surface area contributed by atoms with E-state index < -0.39 is 24.2 Å². The number of carbonyl (C=O) groups excluding carboxylic acids is 3. The Kier molecular flexibility index (Phi) is 6.51. The van der Waals surface area contributed by atoms with Gasteiger partial charge in [0.15, 0.2) is 12.4 Å². The highest BCUT2D eigenvalue weighted by molar-refractivity contribution is 9.10. The minimum atomic E-state index is -0.739. The topological polar surface area (TPSA) is 72.5 Å². The molecule has 5 nitrogen and oxygen atoms in total. The van der Waals surface area contributed by atoms with Crippen molar-refractivity contribution in [3.05, 3.63) is 99.8 Å². The minimum absolute atomic E-state index is 0.123. The second kappa shape index (κ2) is 9.25. The number of amides is 1. The molecule has 3 aromatic rings. The summed E-state index contributed by atoms with van der Waals surface area (Å²) in [5.41, 5.74) is 1.50. The normalized spacial score (nSPS) is 10.3. The first-order valence-electron chi connectivity index (χ1n) is 8.56. The summed E-state index contributed by atoms with van der Waals surface area (Å²) in [6.07, 6.45) is 0. The molecule has 0 spiro atoms. The molecule has 1 N–H and O–H groups in total. The zero-order chi connectivity index (χ0) is 20.8. The number of carbonyl (C=O) groups is 3. The number of nitrogens with one attached hydrogen (secondary N) is 1. The number of hydrogen-bond donors (Lipinski definition) is 1. The van der Waals surface area contributed by atoms with Crippen LogP contribution in [0.25, 0.3) is 0 Å². The number of anilines is 1. The molecule has 0 aromatic heterocycles. The van der Waals surface area contributed by atoms with Crippen molar-refractivity contribution in [2.75, 3.05) is 11.9 Å². The number of halogens is 2. The molecular formula is C22H15BrFNO4. The number of rotatable bonds is 6. The fourth-order valence-corrected chi connectivity index (χ4v) is 2.99. The molecule has 0 bridgehead atoms. The third-order valence-electron chi connectivity index (χ3n) is 3.99. The second-order valence-corrected chi connectivity index (χ2v) is 6.88. The van der Waals surface area contributed by atoms with Crippen LogP contribution in [0.1, 0.15) is 31.1 Å². The maximum absolute atomic E-state index is 13.1. The van der Waals surface area contributed by atoms with Crippen molar-refractivity contribution >= 4 is 39.3 Å². The van der Waals surface area contributed by atoms with Crippen molar-refractivity contribution in [1.82, 2.24) is 0 Å². The summed E-state index contributed by atoms with van der Waals surface area (Å²) in [6, 6.07) is 18.5. The smallest absolute Gasteiger partial charge is 0.339 e. The van der Waals surface area contributed by atoms with Gasteiger partial charge in [-0.3, -0.25) is 9.59 Å². The summed E-state index contributed by atoms with van der Waals surface area (Å²) in [5.74, 6) is -1.90. The summed E-state index contributed by atoms with van der Waals surface area (Å²) >= 11 is 3.08. The van der Waals surface area contributed by atoms with Gasteiger partial charge in [0.1, 0.15) is 5.82 Å². The number of esters is 1. The molecule has 3 rings (SSSR count). The standard InChI is InChI=1S/C22H15BrFNO4/c23-19-12-16(24)8-11-18(19)22(28)29-13-20(26)14-6-9-17(10-7-14)25-21(27)15-4-2-1-3-5-15/h1-12H,13H2,(H,25,27). The predicted molar refractivity (Wildman–Crippen MR) is 110 cm³/mol. The average molecular weight is 456 g/mol. The van der Waals surface area contributed by atoms with Gasteiger partial charge in [-0.05, 0) is 70.5 Å². The zero-order valence-corrected chi connectivity index (χ0v) is 16.6. The molecule has 0 fully saturated rings. The molecule has 7 heteroatoms. The first-order chi connectivity index (χ1) is 13.9. The van der Waals surface area contributed by atoms with Gasteiger partial charge in [-0.15, -0.1) is 0 Å². The van der Waals surface area contributed by atoms with Crippen LogP contribution in [0, 0.1) is 5.82 Å². The number of ketones is 1. The van der Waals surface area contributed by atoms with Gasteiger partial charge in [0.2, 0.25) is 0 Å². The van der Waals surface area contributed by atoms with Crippen LogP contribution in [0.2, 0.25) is 0 Å². The Labute approximate surface area is 174 Å². The van der Waals surface area contributed by atoms with Gasteiger partial charge in [-0.2, -0.15) is 0 Å². The molecule has 3 aromatic carbocycles. The Morgan fingerprint density at radius 1 is 0.897 bits per heavy atom. The fourth-order valence-electron chi connectivity index (χ4n) is 2.48. The highest BCUT2D eigenvalue weighted by Crippen LogP contribution is 2.19. The van der Waals surface area contributed by atoms with Crippen molar-refractivity contribution in [2.45, 2.75) is 0 Å². The van der Waals surface area contributed by atoms with E-state index in [1.807, 2.05) is 6.07 Å². The van der Waals surface area contributed by atoms with Gasteiger partial charge in [0, 0.05) is 21.3 Å². The Morgan fingerprint density at radius 3 is 2.24 bits per heavy atom. The van der Waals surface area contributed by atoms with Crippen molar-refractivity contribution in [3.63, 3.8) is 0 Å². The quantitative estimate of drug-likeness (QED) is 0.424. The fraction of sp³-hybridized carbons (Fsp3) is 0.0455. The average Bonchev–Trinajstić information content (AvgIpc) is 2.73. The molecule has 0 unspecified atom stereocenters. The molecule has 1 amide bonds. The zero-order valence-electron chi connectivity index (χ0n) is 15.0. The van der Waals surface area contributed by atoms with Gasteiger partial charge >= 0.3 is 5.97 Å². The molecule has 0 radical (unpaired) electrons. The lowest BCUT2D eigenvalue weighted by molar-refractivity contribution is 0.0473. The predicted octanol–water partition coefficient (Wildman–Crippen LogP) is 4.88. The van der Waals surface area contributed by atoms with Gasteiger partial charge < -0.3 is 10.1 Å². The van der Waals surface area contributed by atoms with Crippen LogP contribution in [0.4, 0.5) is 10.1 Å². The molecule has 146 valence electrons. The third-order valence-corrected chi connectivity index (χ3v) is 4.64. The van der Waals surface area contributed by atoms with E-state index in [1.165, 1.54) is 18.2 Å². The SMILES string of the molecule is O=C(COC(=O)c1ccc(F)cc1Br)c1ccc(NC(=O)c2ccccc2)cc1. The van der Waals surface area contributed by atoms with Crippen LogP contribution < -0.4 is 5.32 Å². The lowest BCUT2D eigenvalue weighted by Gasteiger charge is -2.08. The van der Waals surface area contributed by atoms with E-state index in [2.05, 4.69) is 21.2 Å². The van der Waals surface area contributed by atoms with E-state index in [9.17, 15) is 18.8 Å². The van der Waals surface area contributed by atoms with E-state index in [0.29, 0.717) is 16.8 Å². The Morgan fingerprint density at radius 2 is 1.59 bits per heavy atom. The second-order valence-electron chi connectivity index (χ2n) is 6.02. The largest absolute Gasteiger partial charge is 0.454 e. The summed E-state index contributed by atoms with van der Waals surface area (Å²) in [5, 5.41) is 2.74. The Hall–Kier alpha value is -3.32. The molecule has 0 atom stereocenters. The van der Waals surface area contributed by atoms with E-state index >= 15 is 0 Å². The maximum Gasteiger partial charge on any atom is 0.339 e. The Bertz CT molecular complexity index is 1050. The molecule has 0 aliphatic carbocycles. The third kappa shape index (κ3) is 5.36. The highest BCUT2D eigenvalue weighted by atomic mass is 79.9. The number of ether oxygens (including phenoxy) is 1. The summed E-state index contributed by atoms with van der Waals surface area (Å²) < 4.78 is 18.3. The lowest BCUT2D eigenvalue weighted by atomic mass is 10.1. The van der Waals surface area contributed by atoms with Crippen LogP contribution in [-0.4, -0.2) is 24.3 Å². The van der Waals surface area contributed by atoms with E-state index in [0.717, 1.165) is 12.1 Å². The minimum Gasteiger partial charge on any atom is -0.454 e. The molecule has 0 aliphatic rings. The highest BCUT2D eigenvalue weighted by Gasteiger charge is 2.15. The molecular weight excluding hydrogens is 441 g/mol. The van der Waals surface area contributed by atoms with Crippen LogP contribution >= 0.6 is 15.9 Å². The number of benzene rings is 3. The molecule has 0 saturated heterocycles. The van der Waals surface area contributed by atoms with E-state index in [-0.39, 0.29) is 15.9 Å². The number of hydrogen-bond acceptors (Lipinski definition) is 4. The van der Waals surface area contributed by atoms with Crippen LogP contribution in [0.15, 0.2) is 77.3 Å². The van der Waals surface area contributed by atoms with Gasteiger partial charge in [-0.1, -0.05) is 18.2 Å². The summed E-state index contributed by atoms with van der Waals surface area (Å²) in [4.78, 5) is 36.4. The van der Waals surface area contributed by atoms with E-state index in [4.69, 9.17) is 4.74 Å². The molecule has 0 heterocycles. The van der Waals surface area contributed by atoms with Crippen molar-refractivity contribution in [1.29, 1.82) is 0 Å². The van der Waals surface area contributed by atoms with Crippen LogP contribution in [0.3, 0.4) is 0 Å². The van der Waals surface area contributed by atoms with Crippen molar-refractivity contribution in [3.8, 4) is 0 Å². The molecule has 0 saturated carbocycles. The molecule has 29 heavy (non-hydrogen) atoms. The number of Topliss-reactive ketones (excluding diaryl/α,β-unsaturated/α-hetero) is 1. The first kappa shape index (κ1) is 20.4.